The van der Waals surface area contributed by atoms with E-state index < -0.39 is 23.8 Å². The van der Waals surface area contributed by atoms with Crippen molar-refractivity contribution in [1.29, 1.82) is 0 Å². The standard InChI is InChI=1S/C19H20F3NO2/c1-4-17(25-16-10-5-12(2)13(3)11-16)18(24)23-15-8-6-14(7-9-15)19(20,21)22/h5-11,17H,4H2,1-3H3,(H,23,24). The first kappa shape index (κ1) is 18.8. The van der Waals surface area contributed by atoms with E-state index in [-0.39, 0.29) is 0 Å². The van der Waals surface area contributed by atoms with E-state index in [0.717, 1.165) is 23.3 Å². The molecule has 0 aromatic heterocycles. The van der Waals surface area contributed by atoms with Crippen LogP contribution in [0.3, 0.4) is 0 Å². The van der Waals surface area contributed by atoms with Crippen molar-refractivity contribution < 1.29 is 22.7 Å². The first-order valence-electron chi connectivity index (χ1n) is 7.92. The van der Waals surface area contributed by atoms with Gasteiger partial charge < -0.3 is 10.1 Å². The quantitative estimate of drug-likeness (QED) is 0.812. The summed E-state index contributed by atoms with van der Waals surface area (Å²) in [6.45, 7) is 5.73. The fraction of sp³-hybridized carbons (Fsp3) is 0.316. The zero-order valence-corrected chi connectivity index (χ0v) is 14.3. The highest BCUT2D eigenvalue weighted by molar-refractivity contribution is 5.94. The van der Waals surface area contributed by atoms with E-state index in [0.29, 0.717) is 17.9 Å². The van der Waals surface area contributed by atoms with Crippen molar-refractivity contribution in [3.63, 3.8) is 0 Å². The molecule has 134 valence electrons. The van der Waals surface area contributed by atoms with Gasteiger partial charge in [-0.1, -0.05) is 13.0 Å². The van der Waals surface area contributed by atoms with Crippen molar-refractivity contribution in [2.45, 2.75) is 39.5 Å². The van der Waals surface area contributed by atoms with Gasteiger partial charge in [0.15, 0.2) is 6.10 Å². The number of alkyl halides is 3. The molecular weight excluding hydrogens is 331 g/mol. The number of rotatable bonds is 5. The van der Waals surface area contributed by atoms with Gasteiger partial charge in [-0.3, -0.25) is 4.79 Å². The molecule has 0 aliphatic rings. The number of anilines is 1. The smallest absolute Gasteiger partial charge is 0.416 e. The monoisotopic (exact) mass is 351 g/mol. The average molecular weight is 351 g/mol. The third-order valence-electron chi connectivity index (χ3n) is 3.90. The molecular formula is C19H20F3NO2. The maximum Gasteiger partial charge on any atom is 0.416 e. The van der Waals surface area contributed by atoms with Crippen LogP contribution in [0, 0.1) is 13.8 Å². The molecule has 0 heterocycles. The zero-order chi connectivity index (χ0) is 18.6. The Morgan fingerprint density at radius 2 is 1.72 bits per heavy atom. The zero-order valence-electron chi connectivity index (χ0n) is 14.3. The Labute approximate surface area is 144 Å². The number of hydrogen-bond donors (Lipinski definition) is 1. The number of aryl methyl sites for hydroxylation is 2. The van der Waals surface area contributed by atoms with Crippen molar-refractivity contribution in [3.8, 4) is 5.75 Å². The van der Waals surface area contributed by atoms with Gasteiger partial charge >= 0.3 is 6.18 Å². The maximum absolute atomic E-state index is 12.6. The Balaban J connectivity index is 2.05. The molecule has 0 saturated carbocycles. The molecule has 0 radical (unpaired) electrons. The molecule has 1 amide bonds. The van der Waals surface area contributed by atoms with Crippen LogP contribution in [0.2, 0.25) is 0 Å². The fourth-order valence-corrected chi connectivity index (χ4v) is 2.24. The van der Waals surface area contributed by atoms with Gasteiger partial charge in [-0.2, -0.15) is 13.2 Å². The summed E-state index contributed by atoms with van der Waals surface area (Å²) in [4.78, 5) is 12.3. The van der Waals surface area contributed by atoms with Crippen LogP contribution in [0.5, 0.6) is 5.75 Å². The lowest BCUT2D eigenvalue weighted by Crippen LogP contribution is -2.32. The van der Waals surface area contributed by atoms with E-state index in [1.165, 1.54) is 12.1 Å². The van der Waals surface area contributed by atoms with E-state index in [1.807, 2.05) is 26.0 Å². The van der Waals surface area contributed by atoms with Crippen LogP contribution in [-0.4, -0.2) is 12.0 Å². The normalized spacial score (nSPS) is 12.6. The van der Waals surface area contributed by atoms with Crippen LogP contribution in [0.15, 0.2) is 42.5 Å². The summed E-state index contributed by atoms with van der Waals surface area (Å²) in [5.41, 5.74) is 1.70. The lowest BCUT2D eigenvalue weighted by molar-refractivity contribution is -0.137. The van der Waals surface area contributed by atoms with Crippen LogP contribution in [0.1, 0.15) is 30.0 Å². The molecule has 2 rings (SSSR count). The third kappa shape index (κ3) is 4.98. The van der Waals surface area contributed by atoms with Gasteiger partial charge in [-0.15, -0.1) is 0 Å². The van der Waals surface area contributed by atoms with Gasteiger partial charge in [0.05, 0.1) is 5.56 Å². The molecule has 2 aromatic rings. The summed E-state index contributed by atoms with van der Waals surface area (Å²) in [5, 5.41) is 2.59. The molecule has 0 saturated heterocycles. The molecule has 1 N–H and O–H groups in total. The highest BCUT2D eigenvalue weighted by Crippen LogP contribution is 2.30. The summed E-state index contributed by atoms with van der Waals surface area (Å²) in [6, 6.07) is 9.86. The molecule has 1 atom stereocenters. The van der Waals surface area contributed by atoms with Crippen LogP contribution in [-0.2, 0) is 11.0 Å². The Morgan fingerprint density at radius 1 is 1.08 bits per heavy atom. The molecule has 3 nitrogen and oxygen atoms in total. The van der Waals surface area contributed by atoms with Crippen molar-refractivity contribution in [1.82, 2.24) is 0 Å². The van der Waals surface area contributed by atoms with Crippen LogP contribution >= 0.6 is 0 Å². The summed E-state index contributed by atoms with van der Waals surface area (Å²) < 4.78 is 43.4. The van der Waals surface area contributed by atoms with E-state index in [9.17, 15) is 18.0 Å². The second-order valence-corrected chi connectivity index (χ2v) is 5.83. The fourth-order valence-electron chi connectivity index (χ4n) is 2.24. The van der Waals surface area contributed by atoms with E-state index in [1.54, 1.807) is 13.0 Å². The number of carbonyl (C=O) groups is 1. The number of carbonyl (C=O) groups excluding carboxylic acids is 1. The molecule has 0 aliphatic heterocycles. The SMILES string of the molecule is CCC(Oc1ccc(C)c(C)c1)C(=O)Nc1ccc(C(F)(F)F)cc1. The summed E-state index contributed by atoms with van der Waals surface area (Å²) in [5.74, 6) is 0.179. The second-order valence-electron chi connectivity index (χ2n) is 5.83. The highest BCUT2D eigenvalue weighted by Gasteiger charge is 2.30. The predicted octanol–water partition coefficient (Wildman–Crippen LogP) is 5.12. The van der Waals surface area contributed by atoms with Crippen molar-refractivity contribution in [3.05, 3.63) is 59.2 Å². The van der Waals surface area contributed by atoms with Gasteiger partial charge in [-0.25, -0.2) is 0 Å². The largest absolute Gasteiger partial charge is 0.481 e. The topological polar surface area (TPSA) is 38.3 Å². The Hall–Kier alpha value is -2.50. The van der Waals surface area contributed by atoms with Gasteiger partial charge in [0.1, 0.15) is 5.75 Å². The van der Waals surface area contributed by atoms with Crippen LogP contribution < -0.4 is 10.1 Å². The minimum absolute atomic E-state index is 0.292. The van der Waals surface area contributed by atoms with E-state index in [4.69, 9.17) is 4.74 Å². The lowest BCUT2D eigenvalue weighted by Gasteiger charge is -2.18. The average Bonchev–Trinajstić information content (AvgIpc) is 2.55. The predicted molar refractivity (Wildman–Crippen MR) is 90.7 cm³/mol. The Morgan fingerprint density at radius 3 is 2.24 bits per heavy atom. The molecule has 2 aromatic carbocycles. The first-order valence-corrected chi connectivity index (χ1v) is 7.92. The number of ether oxygens (including phenoxy) is 1. The minimum Gasteiger partial charge on any atom is -0.481 e. The van der Waals surface area contributed by atoms with Crippen molar-refractivity contribution in [2.24, 2.45) is 0 Å². The number of benzene rings is 2. The molecule has 1 unspecified atom stereocenters. The first-order chi connectivity index (χ1) is 11.7. The summed E-state index contributed by atoms with van der Waals surface area (Å²) >= 11 is 0. The highest BCUT2D eigenvalue weighted by atomic mass is 19.4. The third-order valence-corrected chi connectivity index (χ3v) is 3.90. The molecule has 0 fully saturated rings. The molecule has 25 heavy (non-hydrogen) atoms. The molecule has 0 spiro atoms. The van der Waals surface area contributed by atoms with Crippen LogP contribution in [0.4, 0.5) is 18.9 Å². The molecule has 0 aliphatic carbocycles. The van der Waals surface area contributed by atoms with E-state index in [2.05, 4.69) is 5.32 Å². The Kier molecular flexibility index (Phi) is 5.72. The minimum atomic E-state index is -4.40. The van der Waals surface area contributed by atoms with E-state index >= 15 is 0 Å². The molecule has 6 heteroatoms. The number of halogens is 3. The van der Waals surface area contributed by atoms with Gasteiger partial charge in [0.25, 0.3) is 5.91 Å². The van der Waals surface area contributed by atoms with Gasteiger partial charge in [0.2, 0.25) is 0 Å². The second kappa shape index (κ2) is 7.59. The summed E-state index contributed by atoms with van der Waals surface area (Å²) in [7, 11) is 0. The van der Waals surface area contributed by atoms with Gasteiger partial charge in [-0.05, 0) is 67.8 Å². The maximum atomic E-state index is 12.6. The van der Waals surface area contributed by atoms with Crippen molar-refractivity contribution >= 4 is 11.6 Å². The van der Waals surface area contributed by atoms with Crippen molar-refractivity contribution in [2.75, 3.05) is 5.32 Å². The number of hydrogen-bond acceptors (Lipinski definition) is 2. The lowest BCUT2D eigenvalue weighted by atomic mass is 10.1. The van der Waals surface area contributed by atoms with Crippen LogP contribution in [0.25, 0.3) is 0 Å². The number of nitrogens with one attached hydrogen (secondary N) is 1. The number of amides is 1. The molecule has 0 bridgehead atoms. The van der Waals surface area contributed by atoms with Gasteiger partial charge in [0, 0.05) is 5.69 Å². The summed E-state index contributed by atoms with van der Waals surface area (Å²) in [6.07, 6.45) is -4.70. The Bertz CT molecular complexity index is 739.